The van der Waals surface area contributed by atoms with Gasteiger partial charge in [0, 0.05) is 10.7 Å². The average molecular weight is 233 g/mol. The van der Waals surface area contributed by atoms with Gasteiger partial charge in [0.25, 0.3) is 0 Å². The molecule has 0 aliphatic carbocycles. The van der Waals surface area contributed by atoms with Gasteiger partial charge in [0.05, 0.1) is 5.69 Å². The minimum atomic E-state index is 0.341. The van der Waals surface area contributed by atoms with Gasteiger partial charge in [-0.15, -0.1) is 4.91 Å². The number of para-hydroxylation sites is 1. The van der Waals surface area contributed by atoms with Crippen LogP contribution in [-0.2, 0) is 0 Å². The highest BCUT2D eigenvalue weighted by molar-refractivity contribution is 6.31. The van der Waals surface area contributed by atoms with Gasteiger partial charge >= 0.3 is 0 Å². The number of rotatable bonds is 3. The zero-order valence-electron chi connectivity index (χ0n) is 8.35. The molecule has 80 valence electrons. The summed E-state index contributed by atoms with van der Waals surface area (Å²) in [5.41, 5.74) is 1.83. The topological polar surface area (TPSA) is 41.5 Å². The number of anilines is 2. The van der Waals surface area contributed by atoms with E-state index in [0.717, 1.165) is 5.69 Å². The van der Waals surface area contributed by atoms with Crippen molar-refractivity contribution in [1.29, 1.82) is 0 Å². The molecule has 0 atom stereocenters. The number of nitrogens with one attached hydrogen (secondary N) is 1. The van der Waals surface area contributed by atoms with Crippen molar-refractivity contribution in [1.82, 2.24) is 0 Å². The van der Waals surface area contributed by atoms with E-state index in [0.29, 0.717) is 16.4 Å². The van der Waals surface area contributed by atoms with Gasteiger partial charge in [0.1, 0.15) is 5.69 Å². The quantitative estimate of drug-likeness (QED) is 0.793. The fourth-order valence-electron chi connectivity index (χ4n) is 1.36. The second-order valence-electron chi connectivity index (χ2n) is 3.24. The van der Waals surface area contributed by atoms with Crippen molar-refractivity contribution in [2.45, 2.75) is 0 Å². The minimum absolute atomic E-state index is 0.341. The first-order chi connectivity index (χ1) is 7.79. The van der Waals surface area contributed by atoms with E-state index in [2.05, 4.69) is 10.5 Å². The molecule has 3 nitrogen and oxygen atoms in total. The van der Waals surface area contributed by atoms with Crippen molar-refractivity contribution in [2.75, 3.05) is 5.32 Å². The third-order valence-electron chi connectivity index (χ3n) is 2.11. The second kappa shape index (κ2) is 4.77. The number of halogens is 1. The maximum atomic E-state index is 10.6. The van der Waals surface area contributed by atoms with Gasteiger partial charge in [-0.3, -0.25) is 0 Å². The van der Waals surface area contributed by atoms with Crippen LogP contribution in [0.5, 0.6) is 0 Å². The number of nitroso groups, excluding NO2 is 1. The number of nitrogens with zero attached hydrogens (tertiary/aromatic N) is 1. The predicted octanol–water partition coefficient (Wildman–Crippen LogP) is 4.48. The monoisotopic (exact) mass is 232 g/mol. The highest BCUT2D eigenvalue weighted by Gasteiger charge is 2.03. The van der Waals surface area contributed by atoms with Gasteiger partial charge < -0.3 is 5.32 Å². The molecule has 0 saturated carbocycles. The van der Waals surface area contributed by atoms with E-state index in [-0.39, 0.29) is 0 Å². The zero-order valence-corrected chi connectivity index (χ0v) is 9.11. The van der Waals surface area contributed by atoms with Gasteiger partial charge in [-0.25, -0.2) is 0 Å². The molecule has 16 heavy (non-hydrogen) atoms. The Balaban J connectivity index is 2.33. The minimum Gasteiger partial charge on any atom is -0.354 e. The van der Waals surface area contributed by atoms with Crippen LogP contribution in [0.25, 0.3) is 0 Å². The van der Waals surface area contributed by atoms with Crippen molar-refractivity contribution < 1.29 is 0 Å². The van der Waals surface area contributed by atoms with Crippen molar-refractivity contribution in [3.05, 3.63) is 58.5 Å². The summed E-state index contributed by atoms with van der Waals surface area (Å²) in [4.78, 5) is 10.6. The van der Waals surface area contributed by atoms with Crippen LogP contribution < -0.4 is 5.32 Å². The Morgan fingerprint density at radius 3 is 2.50 bits per heavy atom. The molecule has 0 saturated heterocycles. The van der Waals surface area contributed by atoms with Crippen LogP contribution in [0, 0.1) is 4.91 Å². The molecule has 2 rings (SSSR count). The summed E-state index contributed by atoms with van der Waals surface area (Å²) in [6.07, 6.45) is 0. The van der Waals surface area contributed by atoms with E-state index in [9.17, 15) is 4.91 Å². The summed E-state index contributed by atoms with van der Waals surface area (Å²) in [7, 11) is 0. The third-order valence-corrected chi connectivity index (χ3v) is 2.34. The molecule has 1 N–H and O–H groups in total. The normalized spacial score (nSPS) is 9.81. The molecule has 0 aromatic heterocycles. The Labute approximate surface area is 98.0 Å². The first kappa shape index (κ1) is 10.6. The maximum Gasteiger partial charge on any atom is 0.131 e. The summed E-state index contributed by atoms with van der Waals surface area (Å²) in [6, 6.07) is 14.4. The molecule has 0 unspecified atom stereocenters. The molecular weight excluding hydrogens is 224 g/mol. The predicted molar refractivity (Wildman–Crippen MR) is 66.6 cm³/mol. The Bertz CT molecular complexity index is 500. The molecule has 2 aromatic carbocycles. The molecule has 0 aliphatic heterocycles. The van der Waals surface area contributed by atoms with Crippen LogP contribution in [-0.4, -0.2) is 0 Å². The van der Waals surface area contributed by atoms with Crippen LogP contribution in [0.3, 0.4) is 0 Å². The van der Waals surface area contributed by atoms with Crippen molar-refractivity contribution >= 4 is 28.7 Å². The second-order valence-corrected chi connectivity index (χ2v) is 3.68. The molecule has 2 aromatic rings. The van der Waals surface area contributed by atoms with Gasteiger partial charge in [-0.05, 0) is 35.5 Å². The molecule has 4 heteroatoms. The van der Waals surface area contributed by atoms with Gasteiger partial charge in [0.2, 0.25) is 0 Å². The first-order valence-corrected chi connectivity index (χ1v) is 5.12. The van der Waals surface area contributed by atoms with Crippen LogP contribution in [0.2, 0.25) is 5.02 Å². The Kier molecular flexibility index (Phi) is 3.17. The van der Waals surface area contributed by atoms with Gasteiger partial charge in [0.15, 0.2) is 0 Å². The summed E-state index contributed by atoms with van der Waals surface area (Å²) in [5, 5.41) is 6.58. The molecule has 0 amide bonds. The zero-order chi connectivity index (χ0) is 11.4. The Morgan fingerprint density at radius 2 is 1.81 bits per heavy atom. The van der Waals surface area contributed by atoms with Crippen molar-refractivity contribution in [3.63, 3.8) is 0 Å². The number of benzene rings is 2. The molecule has 0 aliphatic rings. The standard InChI is InChI=1S/C12H9ClN2O/c13-9-6-7-11(15-16)12(8-9)14-10-4-2-1-3-5-10/h1-8,14H. The lowest BCUT2D eigenvalue weighted by Gasteiger charge is -2.07. The summed E-state index contributed by atoms with van der Waals surface area (Å²) >= 11 is 5.86. The smallest absolute Gasteiger partial charge is 0.131 e. The molecule has 0 spiro atoms. The maximum absolute atomic E-state index is 10.6. The number of hydrogen-bond donors (Lipinski definition) is 1. The van der Waals surface area contributed by atoms with Crippen molar-refractivity contribution in [2.24, 2.45) is 5.18 Å². The van der Waals surface area contributed by atoms with Crippen LogP contribution in [0.15, 0.2) is 53.7 Å². The summed E-state index contributed by atoms with van der Waals surface area (Å²) in [5.74, 6) is 0. The molecule has 0 fully saturated rings. The van der Waals surface area contributed by atoms with E-state index in [1.807, 2.05) is 30.3 Å². The van der Waals surface area contributed by atoms with Crippen LogP contribution in [0.4, 0.5) is 17.1 Å². The van der Waals surface area contributed by atoms with E-state index in [4.69, 9.17) is 11.6 Å². The number of hydrogen-bond acceptors (Lipinski definition) is 3. The SMILES string of the molecule is O=Nc1ccc(Cl)cc1Nc1ccccc1. The fourth-order valence-corrected chi connectivity index (χ4v) is 1.54. The van der Waals surface area contributed by atoms with E-state index in [1.54, 1.807) is 18.2 Å². The highest BCUT2D eigenvalue weighted by atomic mass is 35.5. The molecular formula is C12H9ClN2O. The molecule has 0 bridgehead atoms. The largest absolute Gasteiger partial charge is 0.354 e. The Morgan fingerprint density at radius 1 is 1.06 bits per heavy atom. The lowest BCUT2D eigenvalue weighted by atomic mass is 10.2. The summed E-state index contributed by atoms with van der Waals surface area (Å²) in [6.45, 7) is 0. The van der Waals surface area contributed by atoms with Crippen LogP contribution >= 0.6 is 11.6 Å². The third kappa shape index (κ3) is 2.38. The van der Waals surface area contributed by atoms with E-state index >= 15 is 0 Å². The van der Waals surface area contributed by atoms with E-state index in [1.165, 1.54) is 0 Å². The first-order valence-electron chi connectivity index (χ1n) is 4.74. The van der Waals surface area contributed by atoms with Crippen molar-refractivity contribution in [3.8, 4) is 0 Å². The summed E-state index contributed by atoms with van der Waals surface area (Å²) < 4.78 is 0. The fraction of sp³-hybridized carbons (Fsp3) is 0. The molecule has 0 heterocycles. The van der Waals surface area contributed by atoms with E-state index < -0.39 is 0 Å². The lowest BCUT2D eigenvalue weighted by molar-refractivity contribution is 1.46. The van der Waals surface area contributed by atoms with Crippen LogP contribution in [0.1, 0.15) is 0 Å². The van der Waals surface area contributed by atoms with Gasteiger partial charge in [-0.2, -0.15) is 0 Å². The molecule has 0 radical (unpaired) electrons. The highest BCUT2D eigenvalue weighted by Crippen LogP contribution is 2.30. The average Bonchev–Trinajstić information content (AvgIpc) is 2.31. The Hall–Kier alpha value is -1.87. The lowest BCUT2D eigenvalue weighted by Crippen LogP contribution is -1.89. The van der Waals surface area contributed by atoms with Gasteiger partial charge in [-0.1, -0.05) is 29.8 Å².